The van der Waals surface area contributed by atoms with Crippen LogP contribution in [0.4, 0.5) is 10.5 Å². The van der Waals surface area contributed by atoms with Crippen LogP contribution in [-0.4, -0.2) is 73.6 Å². The monoisotopic (exact) mass is 563 g/mol. The van der Waals surface area contributed by atoms with Gasteiger partial charge in [-0.25, -0.2) is 4.79 Å². The molecule has 4 amide bonds. The van der Waals surface area contributed by atoms with Gasteiger partial charge in [0.15, 0.2) is 0 Å². The number of hydrogen-bond donors (Lipinski definition) is 3. The highest BCUT2D eigenvalue weighted by Crippen LogP contribution is 2.48. The van der Waals surface area contributed by atoms with Gasteiger partial charge in [-0.3, -0.25) is 14.5 Å². The van der Waals surface area contributed by atoms with Gasteiger partial charge in [0.2, 0.25) is 5.91 Å². The lowest BCUT2D eigenvalue weighted by atomic mass is 9.86. The Labute approximate surface area is 237 Å². The van der Waals surface area contributed by atoms with E-state index >= 15 is 0 Å². The Morgan fingerprint density at radius 2 is 1.85 bits per heavy atom. The summed E-state index contributed by atoms with van der Waals surface area (Å²) in [5.74, 6) is 1.13. The number of carbonyl (C=O) groups is 3. The average molecular weight is 564 g/mol. The summed E-state index contributed by atoms with van der Waals surface area (Å²) >= 11 is 1.48. The second-order valence-electron chi connectivity index (χ2n) is 10.4. The van der Waals surface area contributed by atoms with Crippen molar-refractivity contribution in [2.24, 2.45) is 5.92 Å². The van der Waals surface area contributed by atoms with Crippen molar-refractivity contribution in [1.29, 1.82) is 0 Å². The van der Waals surface area contributed by atoms with Crippen molar-refractivity contribution < 1.29 is 23.9 Å². The molecule has 0 spiro atoms. The lowest BCUT2D eigenvalue weighted by Gasteiger charge is -2.45. The molecular formula is C29H33N5O5S. The van der Waals surface area contributed by atoms with Gasteiger partial charge in [0, 0.05) is 43.5 Å². The molecule has 4 atom stereocenters. The molecule has 0 saturated carbocycles. The lowest BCUT2D eigenvalue weighted by Crippen LogP contribution is -2.62. The summed E-state index contributed by atoms with van der Waals surface area (Å²) < 4.78 is 10.9. The second kappa shape index (κ2) is 11.5. The fourth-order valence-corrected chi connectivity index (χ4v) is 7.41. The minimum absolute atomic E-state index is 0.00979. The fraction of sp³-hybridized carbons (Fsp3) is 0.414. The number of methoxy groups -OCH3 is 1. The molecule has 11 heteroatoms. The van der Waals surface area contributed by atoms with E-state index in [1.54, 1.807) is 4.90 Å². The molecule has 210 valence electrons. The molecule has 3 saturated heterocycles. The van der Waals surface area contributed by atoms with Crippen molar-refractivity contribution in [3.05, 3.63) is 65.2 Å². The average Bonchev–Trinajstić information content (AvgIpc) is 3.34. The molecule has 3 N–H and O–H groups in total. The van der Waals surface area contributed by atoms with Gasteiger partial charge in [-0.15, -0.1) is 0 Å². The van der Waals surface area contributed by atoms with E-state index in [4.69, 9.17) is 9.47 Å². The first-order valence-electron chi connectivity index (χ1n) is 13.7. The SMILES string of the molecule is COCC(=O)N1CCC[C@@H](NC(=O)C2=C3NC(=O)N(c4ccc(Oc5ccccc5)cc4)C4CCNC(S2)C34)C1. The minimum Gasteiger partial charge on any atom is -0.457 e. The number of nitrogens with one attached hydrogen (secondary N) is 3. The topological polar surface area (TPSA) is 112 Å². The Morgan fingerprint density at radius 3 is 2.62 bits per heavy atom. The number of rotatable bonds is 7. The van der Waals surface area contributed by atoms with Crippen LogP contribution in [0.5, 0.6) is 11.5 Å². The molecule has 2 aromatic carbocycles. The van der Waals surface area contributed by atoms with E-state index in [2.05, 4.69) is 16.0 Å². The van der Waals surface area contributed by atoms with Gasteiger partial charge in [0.1, 0.15) is 18.1 Å². The second-order valence-corrected chi connectivity index (χ2v) is 11.6. The van der Waals surface area contributed by atoms with Crippen LogP contribution in [0.2, 0.25) is 0 Å². The highest BCUT2D eigenvalue weighted by Gasteiger charge is 2.51. The quantitative estimate of drug-likeness (QED) is 0.475. The smallest absolute Gasteiger partial charge is 0.326 e. The fourth-order valence-electron chi connectivity index (χ4n) is 6.01. The van der Waals surface area contributed by atoms with Gasteiger partial charge in [-0.2, -0.15) is 0 Å². The largest absolute Gasteiger partial charge is 0.457 e. The van der Waals surface area contributed by atoms with Crippen molar-refractivity contribution in [2.45, 2.75) is 36.7 Å². The Hall–Kier alpha value is -3.54. The maximum absolute atomic E-state index is 13.5. The summed E-state index contributed by atoms with van der Waals surface area (Å²) in [7, 11) is 1.50. The zero-order chi connectivity index (χ0) is 27.6. The number of piperidine rings is 2. The first-order chi connectivity index (χ1) is 19.5. The normalized spacial score (nSPS) is 25.8. The molecule has 0 bridgehead atoms. The summed E-state index contributed by atoms with van der Waals surface area (Å²) in [4.78, 5) is 43.4. The third-order valence-electron chi connectivity index (χ3n) is 7.82. The van der Waals surface area contributed by atoms with E-state index < -0.39 is 0 Å². The van der Waals surface area contributed by atoms with Gasteiger partial charge in [0.05, 0.1) is 16.3 Å². The molecule has 0 aliphatic carbocycles. The summed E-state index contributed by atoms with van der Waals surface area (Å²) in [5.41, 5.74) is 1.48. The van der Waals surface area contributed by atoms with E-state index in [0.717, 1.165) is 37.2 Å². The van der Waals surface area contributed by atoms with Crippen LogP contribution in [0.3, 0.4) is 0 Å². The standard InChI is InChI=1S/C29H33N5O5S/c1-38-17-23(35)33-15-5-6-18(16-33)31-27(36)26-25-24-22(13-14-30-28(24)40-26)34(29(37)32-25)19-9-11-21(12-10-19)39-20-7-3-2-4-8-20/h2-4,7-12,18,22,24,28,30H,5-6,13-17H2,1H3,(H,31,36)(H,32,37)/t18-,22?,24?,28?/m1/s1. The molecule has 0 radical (unpaired) electrons. The lowest BCUT2D eigenvalue weighted by molar-refractivity contribution is -0.137. The molecule has 6 rings (SSSR count). The number of urea groups is 1. The first-order valence-corrected chi connectivity index (χ1v) is 14.5. The molecule has 3 fully saturated rings. The Balaban J connectivity index is 1.17. The van der Waals surface area contributed by atoms with Crippen LogP contribution in [0.1, 0.15) is 19.3 Å². The zero-order valence-corrected chi connectivity index (χ0v) is 23.1. The number of amides is 4. The molecule has 4 aliphatic rings. The third kappa shape index (κ3) is 5.28. The molecule has 0 aromatic heterocycles. The molecule has 4 aliphatic heterocycles. The number of thioether (sulfide) groups is 1. The van der Waals surface area contributed by atoms with Gasteiger partial charge in [-0.05, 0) is 62.2 Å². The van der Waals surface area contributed by atoms with Gasteiger partial charge < -0.3 is 30.3 Å². The Kier molecular flexibility index (Phi) is 7.68. The predicted octanol–water partition coefficient (Wildman–Crippen LogP) is 3.02. The van der Waals surface area contributed by atoms with Crippen molar-refractivity contribution in [1.82, 2.24) is 20.9 Å². The molecule has 3 unspecified atom stereocenters. The van der Waals surface area contributed by atoms with Crippen LogP contribution < -0.4 is 25.6 Å². The van der Waals surface area contributed by atoms with Crippen LogP contribution in [0.15, 0.2) is 65.2 Å². The molecule has 2 aromatic rings. The van der Waals surface area contributed by atoms with Gasteiger partial charge >= 0.3 is 6.03 Å². The molecule has 40 heavy (non-hydrogen) atoms. The van der Waals surface area contributed by atoms with Gasteiger partial charge in [-0.1, -0.05) is 30.0 Å². The van der Waals surface area contributed by atoms with Crippen molar-refractivity contribution in [3.8, 4) is 11.5 Å². The van der Waals surface area contributed by atoms with E-state index in [0.29, 0.717) is 29.4 Å². The Morgan fingerprint density at radius 1 is 1.07 bits per heavy atom. The van der Waals surface area contributed by atoms with Crippen molar-refractivity contribution in [3.63, 3.8) is 0 Å². The zero-order valence-electron chi connectivity index (χ0n) is 22.3. The van der Waals surface area contributed by atoms with Crippen LogP contribution in [0, 0.1) is 5.92 Å². The van der Waals surface area contributed by atoms with Crippen LogP contribution in [-0.2, 0) is 14.3 Å². The highest BCUT2D eigenvalue weighted by atomic mass is 32.2. The number of benzene rings is 2. The number of ether oxygens (including phenoxy) is 2. The molecular weight excluding hydrogens is 530 g/mol. The maximum atomic E-state index is 13.5. The maximum Gasteiger partial charge on any atom is 0.326 e. The first kappa shape index (κ1) is 26.7. The molecule has 4 heterocycles. The Bertz CT molecular complexity index is 1300. The van der Waals surface area contributed by atoms with E-state index in [-0.39, 0.29) is 47.8 Å². The van der Waals surface area contributed by atoms with E-state index in [1.165, 1.54) is 18.9 Å². The predicted molar refractivity (Wildman–Crippen MR) is 152 cm³/mol. The van der Waals surface area contributed by atoms with Crippen molar-refractivity contribution >= 4 is 35.3 Å². The minimum atomic E-state index is -0.240. The molecule has 10 nitrogen and oxygen atoms in total. The van der Waals surface area contributed by atoms with Crippen LogP contribution >= 0.6 is 11.8 Å². The summed E-state index contributed by atoms with van der Waals surface area (Å²) in [6, 6.07) is 16.6. The van der Waals surface area contributed by atoms with Crippen molar-refractivity contribution in [2.75, 3.05) is 38.3 Å². The number of likely N-dealkylation sites (tertiary alicyclic amines) is 1. The van der Waals surface area contributed by atoms with Gasteiger partial charge in [0.25, 0.3) is 5.91 Å². The summed E-state index contributed by atoms with van der Waals surface area (Å²) in [6.45, 7) is 1.91. The highest BCUT2D eigenvalue weighted by molar-refractivity contribution is 8.04. The third-order valence-corrected chi connectivity index (χ3v) is 9.17. The number of para-hydroxylation sites is 1. The van der Waals surface area contributed by atoms with Crippen LogP contribution in [0.25, 0.3) is 0 Å². The number of anilines is 1. The van der Waals surface area contributed by atoms with E-state index in [9.17, 15) is 14.4 Å². The number of nitrogens with zero attached hydrogens (tertiary/aromatic N) is 2. The number of carbonyl (C=O) groups excluding carboxylic acids is 3. The van der Waals surface area contributed by atoms with E-state index in [1.807, 2.05) is 59.5 Å². The summed E-state index contributed by atoms with van der Waals surface area (Å²) in [5, 5.41) is 9.70. The summed E-state index contributed by atoms with van der Waals surface area (Å²) in [6.07, 6.45) is 2.39. The number of hydrogen-bond acceptors (Lipinski definition) is 7.